The number of anilines is 2. The zero-order chi connectivity index (χ0) is 55.0. The summed E-state index contributed by atoms with van der Waals surface area (Å²) in [6.45, 7) is 15.0. The second-order valence-electron chi connectivity index (χ2n) is 19.0. The monoisotopic (exact) mass is 1090 g/mol. The van der Waals surface area contributed by atoms with E-state index in [1.54, 1.807) is 108 Å². The quantitative estimate of drug-likeness (QED) is 0.0290. The molecule has 7 atom stereocenters. The maximum absolute atomic E-state index is 14.9. The van der Waals surface area contributed by atoms with Gasteiger partial charge in [0, 0.05) is 22.9 Å². The van der Waals surface area contributed by atoms with Crippen LogP contribution in [-0.4, -0.2) is 90.7 Å². The van der Waals surface area contributed by atoms with E-state index in [1.807, 2.05) is 59.4 Å². The summed E-state index contributed by atoms with van der Waals surface area (Å²) in [5.74, 6) is 0.377. The molecule has 0 radical (unpaired) electrons. The molecule has 8 aromatic rings. The van der Waals surface area contributed by atoms with Crippen molar-refractivity contribution in [2.45, 2.75) is 112 Å². The van der Waals surface area contributed by atoms with E-state index >= 15 is 0 Å². The van der Waals surface area contributed by atoms with Gasteiger partial charge in [-0.25, -0.2) is 30.1 Å². The lowest BCUT2D eigenvalue weighted by molar-refractivity contribution is -0.150. The number of para-hydroxylation sites is 4. The molecule has 21 nitrogen and oxygen atoms in total. The molecule has 0 aliphatic rings. The summed E-state index contributed by atoms with van der Waals surface area (Å²) < 4.78 is 74.8. The third-order valence-corrected chi connectivity index (χ3v) is 15.8. The number of pyridine rings is 2. The number of nitrogens with two attached hydrogens (primary N) is 2. The Morgan fingerprint density at radius 1 is 0.623 bits per heavy atom. The fourth-order valence-corrected chi connectivity index (χ4v) is 12.3. The van der Waals surface area contributed by atoms with Crippen molar-refractivity contribution in [3.8, 4) is 11.5 Å². The van der Waals surface area contributed by atoms with Gasteiger partial charge in [0.25, 0.3) is 0 Å². The Labute approximate surface area is 446 Å². The molecular weight excluding hydrogens is 1030 g/mol. The number of imidazole rings is 2. The number of benzene rings is 4. The molecule has 0 aliphatic carbocycles. The maximum atomic E-state index is 14.9. The van der Waals surface area contributed by atoms with Crippen molar-refractivity contribution in [1.82, 2.24) is 39.2 Å². The fourth-order valence-electron chi connectivity index (χ4n) is 8.72. The molecule has 408 valence electrons. The number of nitrogens with zero attached hydrogens (tertiary/aromatic N) is 6. The van der Waals surface area contributed by atoms with E-state index in [0.29, 0.717) is 62.5 Å². The number of nitrogen functional groups attached to an aromatic ring is 2. The number of ether oxygens (including phenoxy) is 5. The van der Waals surface area contributed by atoms with Crippen LogP contribution >= 0.6 is 15.0 Å². The molecule has 6 N–H and O–H groups in total. The molecule has 0 amide bonds. The highest BCUT2D eigenvalue weighted by Gasteiger charge is 2.35. The SMILES string of the molecule is CCOCc1nc2c(N)nc3ccccc3c2n1CC(C)OCP(=O)(NC(C)C(=O)OC(C)c1cccc2c1nc(N)c1ncn(CC(C)OCP(=O)(NC(C)C(=O)OC(C)C)Oc3ccccc3)c12)Oc1ccccc1. The molecule has 0 aliphatic heterocycles. The van der Waals surface area contributed by atoms with Gasteiger partial charge >= 0.3 is 27.0 Å². The minimum atomic E-state index is -4.01. The third kappa shape index (κ3) is 13.6. The normalized spacial score (nSPS) is 15.4. The van der Waals surface area contributed by atoms with Crippen LogP contribution in [0.2, 0.25) is 0 Å². The average molecular weight is 1090 g/mol. The van der Waals surface area contributed by atoms with Gasteiger partial charge in [-0.2, -0.15) is 0 Å². The molecule has 4 heterocycles. The Balaban J connectivity index is 0.971. The average Bonchev–Trinajstić information content (AvgIpc) is 4.04. The standard InChI is InChI=1S/C54H66N10O11P2/c1-9-69-29-45-59-48-50(42-23-16-17-26-44(42)58-52(48)56)64(45)28-35(5)71-32-77(68,75-40-21-14-11-15-22-40)62-37(7)54(66)73-38(8)41-24-18-25-43-46(41)60-51(55)47-49(43)63(30-57-47)27-34(4)70-31-76(67,74-39-19-12-10-13-20-39)61-36(6)53(65)72-33(2)3/h10-26,30,33-38H,9,27-29,31-32H2,1-8H3,(H2,55,60)(H2,56,58)(H,61,67)(H,62,68). The summed E-state index contributed by atoms with van der Waals surface area (Å²) in [7, 11) is -7.86. The first-order chi connectivity index (χ1) is 36.8. The molecule has 4 aromatic heterocycles. The van der Waals surface area contributed by atoms with E-state index in [1.165, 1.54) is 6.92 Å². The van der Waals surface area contributed by atoms with E-state index in [9.17, 15) is 18.7 Å². The van der Waals surface area contributed by atoms with Gasteiger partial charge in [-0.3, -0.25) is 18.7 Å². The van der Waals surface area contributed by atoms with Crippen molar-refractivity contribution >= 4 is 82.5 Å². The van der Waals surface area contributed by atoms with Crippen LogP contribution in [-0.2, 0) is 62.1 Å². The zero-order valence-corrected chi connectivity index (χ0v) is 46.1. The molecule has 0 saturated carbocycles. The van der Waals surface area contributed by atoms with Crippen molar-refractivity contribution in [2.75, 3.05) is 30.8 Å². The maximum Gasteiger partial charge on any atom is 0.342 e. The summed E-state index contributed by atoms with van der Waals surface area (Å²) in [5.41, 5.74) is 17.1. The lowest BCUT2D eigenvalue weighted by Gasteiger charge is -2.26. The molecule has 8 rings (SSSR count). The van der Waals surface area contributed by atoms with Gasteiger partial charge in [-0.1, -0.05) is 72.8 Å². The molecule has 0 bridgehead atoms. The first-order valence-electron chi connectivity index (χ1n) is 25.3. The first-order valence-corrected chi connectivity index (χ1v) is 29.0. The molecule has 7 unspecified atom stereocenters. The van der Waals surface area contributed by atoms with Crippen molar-refractivity contribution < 1.29 is 51.5 Å². The van der Waals surface area contributed by atoms with Crippen LogP contribution in [0, 0.1) is 0 Å². The van der Waals surface area contributed by atoms with Crippen LogP contribution in [0.25, 0.3) is 43.9 Å². The first kappa shape index (κ1) is 56.2. The van der Waals surface area contributed by atoms with Crippen molar-refractivity contribution in [2.24, 2.45) is 0 Å². The van der Waals surface area contributed by atoms with Crippen LogP contribution in [0.5, 0.6) is 11.5 Å². The Kier molecular flexibility index (Phi) is 18.0. The lowest BCUT2D eigenvalue weighted by Crippen LogP contribution is -2.37. The molecule has 0 saturated heterocycles. The summed E-state index contributed by atoms with van der Waals surface area (Å²) in [5, 5.41) is 7.26. The van der Waals surface area contributed by atoms with Gasteiger partial charge in [0.2, 0.25) is 0 Å². The number of hydrogen-bond acceptors (Lipinski definition) is 17. The minimum Gasteiger partial charge on any atom is -0.462 e. The van der Waals surface area contributed by atoms with Gasteiger partial charge in [0.05, 0.1) is 59.8 Å². The predicted octanol–water partition coefficient (Wildman–Crippen LogP) is 9.66. The summed E-state index contributed by atoms with van der Waals surface area (Å²) in [4.78, 5) is 45.5. The highest BCUT2D eigenvalue weighted by atomic mass is 31.2. The number of rotatable bonds is 26. The number of hydrogen-bond donors (Lipinski definition) is 4. The Morgan fingerprint density at radius 2 is 1.18 bits per heavy atom. The second kappa shape index (κ2) is 24.6. The molecule has 0 spiro atoms. The van der Waals surface area contributed by atoms with Crippen LogP contribution in [0.1, 0.15) is 72.9 Å². The molecular formula is C54H66N10O11P2. The van der Waals surface area contributed by atoms with Crippen molar-refractivity contribution in [3.05, 3.63) is 121 Å². The number of carbonyl (C=O) groups excluding carboxylic acids is 2. The molecule has 0 fully saturated rings. The Bertz CT molecular complexity index is 3450. The summed E-state index contributed by atoms with van der Waals surface area (Å²) in [6, 6.07) is 28.2. The number of aromatic nitrogens is 6. The van der Waals surface area contributed by atoms with Crippen LogP contribution < -0.4 is 30.7 Å². The molecule has 77 heavy (non-hydrogen) atoms. The summed E-state index contributed by atoms with van der Waals surface area (Å²) in [6.07, 6.45) is -1.55. The van der Waals surface area contributed by atoms with Gasteiger partial charge in [0.15, 0.2) is 11.6 Å². The van der Waals surface area contributed by atoms with Gasteiger partial charge in [-0.15, -0.1) is 0 Å². The van der Waals surface area contributed by atoms with Crippen molar-refractivity contribution in [1.29, 1.82) is 0 Å². The predicted molar refractivity (Wildman–Crippen MR) is 295 cm³/mol. The van der Waals surface area contributed by atoms with Crippen LogP contribution in [0.3, 0.4) is 0 Å². The largest absolute Gasteiger partial charge is 0.462 e. The minimum absolute atomic E-state index is 0.141. The molecule has 4 aromatic carbocycles. The topological polar surface area (TPSA) is 270 Å². The summed E-state index contributed by atoms with van der Waals surface area (Å²) >= 11 is 0. The second-order valence-corrected chi connectivity index (χ2v) is 23.0. The molecule has 23 heteroatoms. The van der Waals surface area contributed by atoms with Crippen LogP contribution in [0.4, 0.5) is 11.6 Å². The Morgan fingerprint density at radius 3 is 1.79 bits per heavy atom. The van der Waals surface area contributed by atoms with E-state index in [2.05, 4.69) is 20.1 Å². The smallest absolute Gasteiger partial charge is 0.342 e. The van der Waals surface area contributed by atoms with E-state index in [0.717, 1.165) is 10.9 Å². The number of carbonyl (C=O) groups is 2. The van der Waals surface area contributed by atoms with Gasteiger partial charge in [-0.05, 0) is 85.7 Å². The van der Waals surface area contributed by atoms with Gasteiger partial charge < -0.3 is 53.3 Å². The van der Waals surface area contributed by atoms with E-state index < -0.39 is 63.7 Å². The Hall–Kier alpha value is -6.96. The zero-order valence-electron chi connectivity index (χ0n) is 44.3. The van der Waals surface area contributed by atoms with Gasteiger partial charge in [0.1, 0.15) is 65.8 Å². The third-order valence-electron chi connectivity index (χ3n) is 12.3. The number of fused-ring (bicyclic) bond motifs is 6. The highest BCUT2D eigenvalue weighted by Crippen LogP contribution is 2.46. The van der Waals surface area contributed by atoms with Crippen molar-refractivity contribution in [3.63, 3.8) is 0 Å². The van der Waals surface area contributed by atoms with E-state index in [4.69, 9.17) is 54.2 Å². The van der Waals surface area contributed by atoms with E-state index in [-0.39, 0.29) is 43.8 Å². The highest BCUT2D eigenvalue weighted by molar-refractivity contribution is 7.57. The number of nitrogens with one attached hydrogen (secondary N) is 2. The fraction of sp³-hybridized carbons (Fsp3) is 0.370. The lowest BCUT2D eigenvalue weighted by atomic mass is 10.0. The number of esters is 2. The van der Waals surface area contributed by atoms with Crippen LogP contribution in [0.15, 0.2) is 109 Å².